The Bertz CT molecular complexity index is 323. The van der Waals surface area contributed by atoms with Crippen LogP contribution in [0.25, 0.3) is 0 Å². The molecule has 0 aliphatic rings. The second-order valence-electron chi connectivity index (χ2n) is 2.38. The lowest BCUT2D eigenvalue weighted by molar-refractivity contribution is 0.172. The number of hydrogen-bond donors (Lipinski definition) is 2. The third-order valence-corrected chi connectivity index (χ3v) is 1.44. The lowest BCUT2D eigenvalue weighted by atomic mass is 10.3. The molecule has 1 aromatic rings. The zero-order valence-electron chi connectivity index (χ0n) is 7.48. The van der Waals surface area contributed by atoms with Gasteiger partial charge in [0.05, 0.1) is 5.69 Å². The molecule has 0 radical (unpaired) electrons. The highest BCUT2D eigenvalue weighted by Gasteiger charge is 1.98. The fourth-order valence-electron chi connectivity index (χ4n) is 0.747. The van der Waals surface area contributed by atoms with Gasteiger partial charge >= 0.3 is 6.09 Å². The van der Waals surface area contributed by atoms with Crippen molar-refractivity contribution in [2.45, 2.75) is 0 Å². The van der Waals surface area contributed by atoms with Gasteiger partial charge in [0.25, 0.3) is 0 Å². The van der Waals surface area contributed by atoms with Crippen LogP contribution >= 0.6 is 0 Å². The van der Waals surface area contributed by atoms with E-state index in [1.54, 1.807) is 12.1 Å². The molecule has 1 amide bonds. The first kappa shape index (κ1) is 9.97. The zero-order valence-corrected chi connectivity index (χ0v) is 7.48. The van der Waals surface area contributed by atoms with Crippen molar-refractivity contribution >= 4 is 17.5 Å². The minimum absolute atomic E-state index is 0.315. The molecule has 14 heavy (non-hydrogen) atoms. The molecule has 0 saturated carbocycles. The molecule has 0 fully saturated rings. The van der Waals surface area contributed by atoms with E-state index < -0.39 is 6.09 Å². The first-order chi connectivity index (χ1) is 6.76. The van der Waals surface area contributed by atoms with Crippen LogP contribution in [0.5, 0.6) is 0 Å². The molecule has 0 spiro atoms. The van der Waals surface area contributed by atoms with Crippen molar-refractivity contribution in [3.8, 4) is 0 Å². The predicted octanol–water partition coefficient (Wildman–Crippen LogP) is 1.77. The number of amides is 1. The molecule has 0 saturated heterocycles. The Morgan fingerprint density at radius 2 is 2.00 bits per heavy atom. The first-order valence-corrected chi connectivity index (χ1v) is 3.84. The summed E-state index contributed by atoms with van der Waals surface area (Å²) in [5.41, 5.74) is 3.26. The van der Waals surface area contributed by atoms with Crippen LogP contribution < -0.4 is 10.8 Å². The van der Waals surface area contributed by atoms with Crippen LogP contribution in [-0.4, -0.2) is 13.1 Å². The summed E-state index contributed by atoms with van der Waals surface area (Å²) in [7, 11) is 1.45. The number of hydrogen-bond acceptors (Lipinski definition) is 5. The van der Waals surface area contributed by atoms with Crippen LogP contribution in [0.2, 0.25) is 0 Å². The minimum atomic E-state index is -0.595. The second kappa shape index (κ2) is 4.80. The number of nitroso groups, excluding NO2 is 1. The highest BCUT2D eigenvalue weighted by molar-refractivity contribution is 5.68. The SMILES string of the molecule is CNC(=O)ONc1ccc(N=O)cc1. The van der Waals surface area contributed by atoms with E-state index >= 15 is 0 Å². The van der Waals surface area contributed by atoms with Gasteiger partial charge in [-0.25, -0.2) is 10.3 Å². The van der Waals surface area contributed by atoms with Gasteiger partial charge in [0.1, 0.15) is 5.69 Å². The maximum absolute atomic E-state index is 10.6. The van der Waals surface area contributed by atoms with Crippen molar-refractivity contribution in [1.29, 1.82) is 0 Å². The number of nitrogens with one attached hydrogen (secondary N) is 2. The maximum Gasteiger partial charge on any atom is 0.431 e. The van der Waals surface area contributed by atoms with Crippen LogP contribution in [-0.2, 0) is 4.84 Å². The van der Waals surface area contributed by atoms with Crippen molar-refractivity contribution in [2.75, 3.05) is 12.5 Å². The van der Waals surface area contributed by atoms with Gasteiger partial charge in [-0.05, 0) is 29.4 Å². The lowest BCUT2D eigenvalue weighted by Gasteiger charge is -2.05. The highest BCUT2D eigenvalue weighted by Crippen LogP contribution is 2.15. The molecular weight excluding hydrogens is 186 g/mol. The number of benzene rings is 1. The molecule has 6 nitrogen and oxygen atoms in total. The molecule has 0 atom stereocenters. The average molecular weight is 195 g/mol. The molecule has 0 bridgehead atoms. The van der Waals surface area contributed by atoms with Crippen LogP contribution in [0.1, 0.15) is 0 Å². The second-order valence-corrected chi connectivity index (χ2v) is 2.38. The summed E-state index contributed by atoms with van der Waals surface area (Å²) in [6, 6.07) is 6.14. The van der Waals surface area contributed by atoms with E-state index in [1.165, 1.54) is 19.2 Å². The predicted molar refractivity (Wildman–Crippen MR) is 51.1 cm³/mol. The molecular formula is C8H9N3O3. The van der Waals surface area contributed by atoms with Gasteiger partial charge in [-0.15, -0.1) is 4.91 Å². The van der Waals surface area contributed by atoms with Gasteiger partial charge in [0.2, 0.25) is 0 Å². The summed E-state index contributed by atoms with van der Waals surface area (Å²) < 4.78 is 0. The normalized spacial score (nSPS) is 8.93. The van der Waals surface area contributed by atoms with Crippen molar-refractivity contribution < 1.29 is 9.63 Å². The molecule has 0 unspecified atom stereocenters. The molecule has 6 heteroatoms. The highest BCUT2D eigenvalue weighted by atomic mass is 16.7. The van der Waals surface area contributed by atoms with Gasteiger partial charge in [0.15, 0.2) is 0 Å². The van der Waals surface area contributed by atoms with Gasteiger partial charge in [0, 0.05) is 7.05 Å². The average Bonchev–Trinajstić information content (AvgIpc) is 2.26. The number of carbonyl (C=O) groups is 1. The third kappa shape index (κ3) is 2.74. The first-order valence-electron chi connectivity index (χ1n) is 3.84. The fraction of sp³-hybridized carbons (Fsp3) is 0.125. The molecule has 0 aliphatic carbocycles. The standard InChI is InChI=1S/C8H9N3O3/c1-9-8(12)14-11-7-4-2-6(10-13)3-5-7/h2-5,11H,1H3,(H,9,12). The summed E-state index contributed by atoms with van der Waals surface area (Å²) in [4.78, 5) is 25.3. The summed E-state index contributed by atoms with van der Waals surface area (Å²) in [5, 5.41) is 4.99. The van der Waals surface area contributed by atoms with Crippen LogP contribution in [0.3, 0.4) is 0 Å². The minimum Gasteiger partial charge on any atom is -0.324 e. The van der Waals surface area contributed by atoms with E-state index in [0.717, 1.165) is 0 Å². The van der Waals surface area contributed by atoms with E-state index in [2.05, 4.69) is 20.8 Å². The van der Waals surface area contributed by atoms with Crippen molar-refractivity contribution in [1.82, 2.24) is 5.32 Å². The van der Waals surface area contributed by atoms with Gasteiger partial charge in [-0.2, -0.15) is 0 Å². The molecule has 2 N–H and O–H groups in total. The Balaban J connectivity index is 2.51. The van der Waals surface area contributed by atoms with Crippen LogP contribution in [0.15, 0.2) is 29.4 Å². The summed E-state index contributed by atoms with van der Waals surface area (Å²) in [5.74, 6) is 0. The summed E-state index contributed by atoms with van der Waals surface area (Å²) in [6.45, 7) is 0. The van der Waals surface area contributed by atoms with Crippen molar-refractivity contribution in [2.24, 2.45) is 5.18 Å². The van der Waals surface area contributed by atoms with Crippen molar-refractivity contribution in [3.63, 3.8) is 0 Å². The van der Waals surface area contributed by atoms with Gasteiger partial charge in [-0.3, -0.25) is 0 Å². The van der Waals surface area contributed by atoms with Gasteiger partial charge in [-0.1, -0.05) is 0 Å². The van der Waals surface area contributed by atoms with Crippen LogP contribution in [0, 0.1) is 4.91 Å². The number of carbonyl (C=O) groups excluding carboxylic acids is 1. The Hall–Kier alpha value is -2.11. The molecule has 1 rings (SSSR count). The van der Waals surface area contributed by atoms with E-state index in [4.69, 9.17) is 0 Å². The molecule has 0 heterocycles. The molecule has 74 valence electrons. The summed E-state index contributed by atoms with van der Waals surface area (Å²) in [6.07, 6.45) is -0.595. The molecule has 1 aromatic carbocycles. The largest absolute Gasteiger partial charge is 0.431 e. The third-order valence-electron chi connectivity index (χ3n) is 1.44. The van der Waals surface area contributed by atoms with E-state index in [9.17, 15) is 9.70 Å². The monoisotopic (exact) mass is 195 g/mol. The smallest absolute Gasteiger partial charge is 0.324 e. The Morgan fingerprint density at radius 3 is 2.50 bits per heavy atom. The number of nitrogens with zero attached hydrogens (tertiary/aromatic N) is 1. The quantitative estimate of drug-likeness (QED) is 0.569. The number of anilines is 1. The fourth-order valence-corrected chi connectivity index (χ4v) is 0.747. The molecule has 0 aliphatic heterocycles. The van der Waals surface area contributed by atoms with Gasteiger partial charge < -0.3 is 10.2 Å². The zero-order chi connectivity index (χ0) is 10.4. The summed E-state index contributed by atoms with van der Waals surface area (Å²) >= 11 is 0. The maximum atomic E-state index is 10.6. The van der Waals surface area contributed by atoms with E-state index in [-0.39, 0.29) is 0 Å². The Kier molecular flexibility index (Phi) is 3.42. The Morgan fingerprint density at radius 1 is 1.36 bits per heavy atom. The molecule has 0 aromatic heterocycles. The van der Waals surface area contributed by atoms with Crippen molar-refractivity contribution in [3.05, 3.63) is 29.2 Å². The number of rotatable bonds is 3. The lowest BCUT2D eigenvalue weighted by Crippen LogP contribution is -2.21. The van der Waals surface area contributed by atoms with E-state index in [0.29, 0.717) is 11.4 Å². The van der Waals surface area contributed by atoms with Crippen LogP contribution in [0.4, 0.5) is 16.2 Å². The van der Waals surface area contributed by atoms with E-state index in [1.807, 2.05) is 0 Å². The topological polar surface area (TPSA) is 79.8 Å². The Labute approximate surface area is 80.2 Å².